The van der Waals surface area contributed by atoms with E-state index >= 15 is 0 Å². The van der Waals surface area contributed by atoms with Crippen LogP contribution in [0.3, 0.4) is 0 Å². The molecule has 0 aliphatic rings. The molecule has 0 radical (unpaired) electrons. The molecule has 0 atom stereocenters. The number of amides is 1. The summed E-state index contributed by atoms with van der Waals surface area (Å²) in [5.74, 6) is -0.959. The molecule has 0 aliphatic heterocycles. The standard InChI is InChI=1S/C16H14N4O4/c1-18(16(21)14-7-8-15(24-14)20(22)23)10-12-9-17-19(11-12)13-5-3-2-4-6-13/h2-9,11H,10H2,1H3. The van der Waals surface area contributed by atoms with Crippen molar-refractivity contribution in [3.05, 3.63) is 76.3 Å². The highest BCUT2D eigenvalue weighted by Gasteiger charge is 2.20. The van der Waals surface area contributed by atoms with Crippen LogP contribution in [-0.2, 0) is 6.54 Å². The summed E-state index contributed by atoms with van der Waals surface area (Å²) in [6, 6.07) is 12.1. The molecule has 0 spiro atoms. The summed E-state index contributed by atoms with van der Waals surface area (Å²) in [6.07, 6.45) is 3.49. The van der Waals surface area contributed by atoms with E-state index in [1.54, 1.807) is 17.9 Å². The molecule has 0 fully saturated rings. The van der Waals surface area contributed by atoms with E-state index in [1.165, 1.54) is 11.0 Å². The molecule has 3 rings (SSSR count). The number of carbonyl (C=O) groups excluding carboxylic acids is 1. The average Bonchev–Trinajstić information content (AvgIpc) is 3.24. The van der Waals surface area contributed by atoms with Gasteiger partial charge in [0.2, 0.25) is 0 Å². The summed E-state index contributed by atoms with van der Waals surface area (Å²) in [5, 5.41) is 14.9. The predicted octanol–water partition coefficient (Wildman–Crippen LogP) is 2.65. The molecular formula is C16H14N4O4. The van der Waals surface area contributed by atoms with E-state index in [2.05, 4.69) is 5.10 Å². The number of para-hydroxylation sites is 1. The molecular weight excluding hydrogens is 312 g/mol. The summed E-state index contributed by atoms with van der Waals surface area (Å²) in [6.45, 7) is 0.306. The number of benzene rings is 1. The van der Waals surface area contributed by atoms with Gasteiger partial charge in [0.05, 0.1) is 18.0 Å². The highest BCUT2D eigenvalue weighted by Crippen LogP contribution is 2.18. The Bertz CT molecular complexity index is 869. The summed E-state index contributed by atoms with van der Waals surface area (Å²) in [7, 11) is 1.59. The Hall–Kier alpha value is -3.42. The fourth-order valence-electron chi connectivity index (χ4n) is 2.24. The minimum Gasteiger partial charge on any atom is -0.395 e. The van der Waals surface area contributed by atoms with Crippen molar-refractivity contribution in [3.63, 3.8) is 0 Å². The van der Waals surface area contributed by atoms with Gasteiger partial charge in [-0.2, -0.15) is 5.10 Å². The molecule has 0 unspecified atom stereocenters. The van der Waals surface area contributed by atoms with Crippen LogP contribution < -0.4 is 0 Å². The van der Waals surface area contributed by atoms with Gasteiger partial charge in [-0.15, -0.1) is 0 Å². The molecule has 8 heteroatoms. The Balaban J connectivity index is 1.70. The van der Waals surface area contributed by atoms with Gasteiger partial charge in [0.1, 0.15) is 4.92 Å². The predicted molar refractivity (Wildman–Crippen MR) is 84.7 cm³/mol. The van der Waals surface area contributed by atoms with Gasteiger partial charge in [-0.05, 0) is 18.2 Å². The maximum absolute atomic E-state index is 12.2. The molecule has 0 aliphatic carbocycles. The normalized spacial score (nSPS) is 10.5. The van der Waals surface area contributed by atoms with Crippen molar-refractivity contribution in [2.75, 3.05) is 7.05 Å². The zero-order chi connectivity index (χ0) is 17.1. The lowest BCUT2D eigenvalue weighted by atomic mass is 10.3. The van der Waals surface area contributed by atoms with Crippen molar-refractivity contribution in [2.45, 2.75) is 6.54 Å². The van der Waals surface area contributed by atoms with Crippen LogP contribution in [0.4, 0.5) is 5.88 Å². The summed E-state index contributed by atoms with van der Waals surface area (Å²) in [4.78, 5) is 23.6. The molecule has 3 aromatic rings. The van der Waals surface area contributed by atoms with E-state index in [4.69, 9.17) is 4.42 Å². The molecule has 0 saturated carbocycles. The highest BCUT2D eigenvalue weighted by molar-refractivity contribution is 5.91. The third-order valence-corrected chi connectivity index (χ3v) is 3.41. The number of nitrogens with zero attached hydrogens (tertiary/aromatic N) is 4. The molecule has 8 nitrogen and oxygen atoms in total. The molecule has 2 aromatic heterocycles. The monoisotopic (exact) mass is 326 g/mol. The van der Waals surface area contributed by atoms with E-state index in [9.17, 15) is 14.9 Å². The summed E-state index contributed by atoms with van der Waals surface area (Å²) < 4.78 is 6.64. The van der Waals surface area contributed by atoms with Crippen LogP contribution in [0, 0.1) is 10.1 Å². The Morgan fingerprint density at radius 2 is 2.04 bits per heavy atom. The Morgan fingerprint density at radius 1 is 1.29 bits per heavy atom. The summed E-state index contributed by atoms with van der Waals surface area (Å²) in [5.41, 5.74) is 1.75. The minimum atomic E-state index is -0.680. The van der Waals surface area contributed by atoms with E-state index in [-0.39, 0.29) is 5.76 Å². The third kappa shape index (κ3) is 3.17. The minimum absolute atomic E-state index is 0.0698. The van der Waals surface area contributed by atoms with Crippen molar-refractivity contribution < 1.29 is 14.1 Å². The second-order valence-electron chi connectivity index (χ2n) is 5.18. The largest absolute Gasteiger partial charge is 0.433 e. The lowest BCUT2D eigenvalue weighted by Crippen LogP contribution is -2.25. The molecule has 2 heterocycles. The molecule has 1 aromatic carbocycles. The number of aromatic nitrogens is 2. The van der Waals surface area contributed by atoms with Crippen LogP contribution in [0.25, 0.3) is 5.69 Å². The molecule has 0 bridgehead atoms. The fraction of sp³-hybridized carbons (Fsp3) is 0.125. The van der Waals surface area contributed by atoms with Gasteiger partial charge in [0, 0.05) is 25.4 Å². The SMILES string of the molecule is CN(Cc1cnn(-c2ccccc2)c1)C(=O)c1ccc([N+](=O)[O-])o1. The van der Waals surface area contributed by atoms with Gasteiger partial charge in [-0.3, -0.25) is 14.9 Å². The van der Waals surface area contributed by atoms with Crippen molar-refractivity contribution in [1.29, 1.82) is 0 Å². The number of hydrogen-bond donors (Lipinski definition) is 0. The first kappa shape index (κ1) is 15.5. The second-order valence-corrected chi connectivity index (χ2v) is 5.18. The van der Waals surface area contributed by atoms with E-state index in [0.717, 1.165) is 17.3 Å². The number of nitro groups is 1. The topological polar surface area (TPSA) is 94.4 Å². The summed E-state index contributed by atoms with van der Waals surface area (Å²) >= 11 is 0. The zero-order valence-electron chi connectivity index (χ0n) is 12.8. The lowest BCUT2D eigenvalue weighted by Gasteiger charge is -2.14. The van der Waals surface area contributed by atoms with Crippen LogP contribution in [0.5, 0.6) is 0 Å². The lowest BCUT2D eigenvalue weighted by molar-refractivity contribution is -0.402. The Labute approximate surface area is 137 Å². The van der Waals surface area contributed by atoms with Gasteiger partial charge in [-0.1, -0.05) is 18.2 Å². The van der Waals surface area contributed by atoms with E-state index < -0.39 is 16.7 Å². The van der Waals surface area contributed by atoms with Gasteiger partial charge < -0.3 is 9.32 Å². The smallest absolute Gasteiger partial charge is 0.395 e. The molecule has 122 valence electrons. The van der Waals surface area contributed by atoms with Gasteiger partial charge in [0.15, 0.2) is 5.76 Å². The highest BCUT2D eigenvalue weighted by atomic mass is 16.6. The first-order valence-corrected chi connectivity index (χ1v) is 7.13. The average molecular weight is 326 g/mol. The number of carbonyl (C=O) groups is 1. The van der Waals surface area contributed by atoms with E-state index in [1.807, 2.05) is 36.5 Å². The van der Waals surface area contributed by atoms with E-state index in [0.29, 0.717) is 6.54 Å². The molecule has 0 saturated heterocycles. The first-order chi connectivity index (χ1) is 11.5. The maximum atomic E-state index is 12.2. The number of rotatable bonds is 5. The van der Waals surface area contributed by atoms with Crippen LogP contribution in [-0.4, -0.2) is 32.6 Å². The third-order valence-electron chi connectivity index (χ3n) is 3.41. The zero-order valence-corrected chi connectivity index (χ0v) is 12.8. The van der Waals surface area contributed by atoms with Gasteiger partial charge in [0.25, 0.3) is 5.91 Å². The maximum Gasteiger partial charge on any atom is 0.433 e. The van der Waals surface area contributed by atoms with Crippen LogP contribution in [0.15, 0.2) is 59.3 Å². The Morgan fingerprint density at radius 3 is 2.71 bits per heavy atom. The molecule has 0 N–H and O–H groups in total. The molecule has 1 amide bonds. The van der Waals surface area contributed by atoms with Crippen LogP contribution in [0.2, 0.25) is 0 Å². The second kappa shape index (κ2) is 6.37. The number of hydrogen-bond acceptors (Lipinski definition) is 5. The molecule has 24 heavy (non-hydrogen) atoms. The van der Waals surface area contributed by atoms with Crippen molar-refractivity contribution in [1.82, 2.24) is 14.7 Å². The van der Waals surface area contributed by atoms with Gasteiger partial charge in [-0.25, -0.2) is 4.68 Å². The van der Waals surface area contributed by atoms with Crippen LogP contribution in [0.1, 0.15) is 16.1 Å². The quantitative estimate of drug-likeness (QED) is 0.530. The Kier molecular flexibility index (Phi) is 4.11. The van der Waals surface area contributed by atoms with Crippen molar-refractivity contribution in [3.8, 4) is 5.69 Å². The van der Waals surface area contributed by atoms with Gasteiger partial charge >= 0.3 is 5.88 Å². The first-order valence-electron chi connectivity index (χ1n) is 7.13. The van der Waals surface area contributed by atoms with Crippen molar-refractivity contribution in [2.24, 2.45) is 0 Å². The number of furan rings is 1. The van der Waals surface area contributed by atoms with Crippen molar-refractivity contribution >= 4 is 11.8 Å². The fourth-order valence-corrected chi connectivity index (χ4v) is 2.24. The van der Waals surface area contributed by atoms with Crippen LogP contribution >= 0.6 is 0 Å².